The van der Waals surface area contributed by atoms with Gasteiger partial charge in [0.1, 0.15) is 19.1 Å². The second-order valence-electron chi connectivity index (χ2n) is 33.8. The number of aromatic nitrogens is 2. The van der Waals surface area contributed by atoms with Gasteiger partial charge >= 0.3 is 62.2 Å². The third-order valence-corrected chi connectivity index (χ3v) is 21.6. The third kappa shape index (κ3) is 47.3. The monoisotopic (exact) mass is 1720 g/mol. The molecule has 0 saturated heterocycles. The first-order valence-corrected chi connectivity index (χ1v) is 47.6. The topological polar surface area (TPSA) is 107 Å². The number of hydrogen-bond acceptors (Lipinski definition) is 12. The quantitative estimate of drug-likeness (QED) is 0.141. The molecule has 9 heterocycles. The first-order chi connectivity index (χ1) is 54.3. The maximum Gasteiger partial charge on any atom is 0.130 e. The predicted molar refractivity (Wildman–Crippen MR) is 525 cm³/mol. The van der Waals surface area contributed by atoms with Crippen molar-refractivity contribution >= 4 is 58.7 Å². The predicted octanol–water partition coefficient (Wildman–Crippen LogP) is 31.0. The van der Waals surface area contributed by atoms with Gasteiger partial charge in [-0.25, -0.2) is 4.98 Å². The van der Waals surface area contributed by atoms with Crippen LogP contribution in [-0.2, 0) is 48.7 Å². The molecule has 0 atom stereocenters. The Bertz CT molecular complexity index is 4050. The Kier molecular flexibility index (Phi) is 61.8. The molecule has 10 aromatic rings. The van der Waals surface area contributed by atoms with E-state index in [0.717, 1.165) is 49.9 Å². The number of pyridine rings is 1. The first-order valence-electron chi connectivity index (χ1n) is 43.1. The van der Waals surface area contributed by atoms with Crippen LogP contribution in [0.4, 0.5) is 0 Å². The molecule has 3 aliphatic rings. The van der Waals surface area contributed by atoms with Crippen LogP contribution < -0.4 is 30.9 Å². The van der Waals surface area contributed by atoms with Crippen molar-refractivity contribution in [2.75, 3.05) is 20.1 Å². The summed E-state index contributed by atoms with van der Waals surface area (Å²) in [4.78, 5) is 31.0. The van der Waals surface area contributed by atoms with E-state index in [1.807, 2.05) is 195 Å². The molecule has 6 aromatic heterocycles. The summed E-state index contributed by atoms with van der Waals surface area (Å²) < 4.78 is 18.6. The summed E-state index contributed by atoms with van der Waals surface area (Å²) >= 11 is 6.02. The number of ether oxygens (including phenoxy) is 2. The molecule has 0 radical (unpaired) electrons. The van der Waals surface area contributed by atoms with Gasteiger partial charge in [-0.3, -0.25) is 25.0 Å². The van der Waals surface area contributed by atoms with Crippen molar-refractivity contribution in [1.82, 2.24) is 9.97 Å². The van der Waals surface area contributed by atoms with Gasteiger partial charge in [-0.2, -0.15) is 0 Å². The number of benzene rings is 4. The number of rotatable bonds is 0. The fourth-order valence-electron chi connectivity index (χ4n) is 9.36. The van der Waals surface area contributed by atoms with Crippen molar-refractivity contribution in [3.05, 3.63) is 243 Å². The van der Waals surface area contributed by atoms with Crippen molar-refractivity contribution < 1.29 is 13.9 Å². The second kappa shape index (κ2) is 60.8. The minimum Gasteiger partial charge on any atom is -0.469 e. The molecule has 4 aromatic carbocycles. The number of nitrogens with zero attached hydrogens (tertiary/aromatic N) is 6. The van der Waals surface area contributed by atoms with Crippen LogP contribution in [0.15, 0.2) is 198 Å². The summed E-state index contributed by atoms with van der Waals surface area (Å²) in [5.74, 6) is 2.77. The van der Waals surface area contributed by atoms with E-state index in [1.54, 1.807) is 22.0 Å². The molecule has 654 valence electrons. The molecule has 3 aliphatic heterocycles. The standard InChI is InChI=1S/2C11H14N2.C11H13NS.C11H14O2.C9H13N.C8H12O.2C8H12S.C8H12Se.9C2H6/c1-11(2,3)8-4-5-9-10(6-8)13-7-12-9;1-11(2,3)8-5-4-6-9-10(8)13-7-12-9;2*1-11(2,3)8-4-5-9-10(6-8)13-7-12-9;1-9(2,3)8-6-4-5-7-10-8;4*1-8(2,3)7-5-4-6-9-7;9*1-2/h2*4-6H,7H2,1-3H3;4-7H,1-3H3;4-6H,7H2,1-3H3;4-7H,1-3H3;4*4-6H,1-3H3;9*1-2H3. The smallest absolute Gasteiger partial charge is 0.130 e. The molecule has 0 aliphatic carbocycles. The molecule has 0 N–H and O–H groups in total. The Balaban J connectivity index is -0.000000390. The van der Waals surface area contributed by atoms with E-state index < -0.39 is 0 Å². The third-order valence-electron chi connectivity index (χ3n) is 15.5. The van der Waals surface area contributed by atoms with Gasteiger partial charge in [0.15, 0.2) is 11.5 Å². The Morgan fingerprint density at radius 3 is 1.20 bits per heavy atom. The van der Waals surface area contributed by atoms with Crippen LogP contribution in [0.5, 0.6) is 11.5 Å². The van der Waals surface area contributed by atoms with E-state index in [2.05, 4.69) is 336 Å². The van der Waals surface area contributed by atoms with E-state index in [0.29, 0.717) is 50.9 Å². The van der Waals surface area contributed by atoms with E-state index in [9.17, 15) is 0 Å². The van der Waals surface area contributed by atoms with Gasteiger partial charge in [-0.05, 0) is 144 Å². The summed E-state index contributed by atoms with van der Waals surface area (Å²) in [6.45, 7) is 97.1. The zero-order valence-corrected chi connectivity index (χ0v) is 86.6. The SMILES string of the molecule is CC.CC.CC.CC.CC.CC.CC.CC.CC.CC(C)(C)c1ccc2c(c1)=NCN=2.CC(C)(C)c1ccc2c(c1)OCO2.CC(C)(C)c1ccc2ncsc2c1.CC(C)(C)c1ccc[se]1.CC(C)(C)c1cccc2c1=NCN=2.CC(C)(C)c1ccccn1.CC(C)(C)c1ccco1.CC(C)(C)c1cccs1.CC(C)(C)c1cccs1. The fraction of sp³-hybridized carbons (Fsp3) is 0.553. The van der Waals surface area contributed by atoms with E-state index in [1.165, 1.54) is 36.7 Å². The maximum absolute atomic E-state index is 5.31. The Morgan fingerprint density at radius 2 is 0.810 bits per heavy atom. The largest absolute Gasteiger partial charge is 0.469 e. The van der Waals surface area contributed by atoms with Gasteiger partial charge in [0, 0.05) is 32.5 Å². The molecule has 0 bridgehead atoms. The zero-order valence-electron chi connectivity index (χ0n) is 82.4. The molecular weight excluding hydrogens is 1540 g/mol. The molecule has 13 heteroatoms. The molecule has 9 nitrogen and oxygen atoms in total. The van der Waals surface area contributed by atoms with Crippen LogP contribution >= 0.6 is 34.0 Å². The molecule has 116 heavy (non-hydrogen) atoms. The van der Waals surface area contributed by atoms with Crippen molar-refractivity contribution in [3.8, 4) is 11.5 Å². The molecule has 0 amide bonds. The number of fused-ring (bicyclic) bond motifs is 4. The minimum absolute atomic E-state index is 0.156. The Labute approximate surface area is 731 Å². The first kappa shape index (κ1) is 118. The minimum atomic E-state index is 0.156. The molecule has 0 fully saturated rings. The van der Waals surface area contributed by atoms with Gasteiger partial charge in [0.25, 0.3) is 0 Å². The van der Waals surface area contributed by atoms with Crippen LogP contribution in [-0.4, -0.2) is 44.6 Å². The summed E-state index contributed by atoms with van der Waals surface area (Å²) in [5, 5.41) is 8.48. The zero-order chi connectivity index (χ0) is 91.1. The number of furan rings is 1. The summed E-state index contributed by atoms with van der Waals surface area (Å²) in [6, 6.07) is 48.1. The van der Waals surface area contributed by atoms with Gasteiger partial charge in [-0.15, -0.1) is 34.0 Å². The van der Waals surface area contributed by atoms with E-state index in [-0.39, 0.29) is 32.5 Å². The van der Waals surface area contributed by atoms with Crippen molar-refractivity contribution in [3.63, 3.8) is 0 Å². The van der Waals surface area contributed by atoms with Crippen LogP contribution in [0.3, 0.4) is 0 Å². The Hall–Kier alpha value is -6.60. The second-order valence-corrected chi connectivity index (χ2v) is 38.5. The molecule has 13 rings (SSSR count). The van der Waals surface area contributed by atoms with Crippen LogP contribution in [0.25, 0.3) is 10.2 Å². The number of thiophene rings is 2. The van der Waals surface area contributed by atoms with Crippen molar-refractivity contribution in [1.29, 1.82) is 0 Å². The maximum atomic E-state index is 5.31. The number of hydrogen-bond donors (Lipinski definition) is 0. The number of thiazole rings is 1. The van der Waals surface area contributed by atoms with Crippen LogP contribution in [0.2, 0.25) is 0 Å². The summed E-state index contributed by atoms with van der Waals surface area (Å²) in [6.07, 6.45) is 3.54. The van der Waals surface area contributed by atoms with Crippen LogP contribution in [0.1, 0.15) is 359 Å². The normalized spacial score (nSPS) is 11.5. The molecule has 0 unspecified atom stereocenters. The van der Waals surface area contributed by atoms with Crippen LogP contribution in [0, 0.1) is 0 Å². The Morgan fingerprint density at radius 1 is 0.336 bits per heavy atom. The summed E-state index contributed by atoms with van der Waals surface area (Å²) in [5.41, 5.74) is 11.6. The number of para-hydroxylation sites is 1. The van der Waals surface area contributed by atoms with Gasteiger partial charge < -0.3 is 13.9 Å². The van der Waals surface area contributed by atoms with Crippen molar-refractivity contribution in [2.45, 2.75) is 360 Å². The summed E-state index contributed by atoms with van der Waals surface area (Å²) in [7, 11) is 0. The average molecular weight is 1720 g/mol. The molecular formula is C103H170N6O3S3Se. The van der Waals surface area contributed by atoms with E-state index in [4.69, 9.17) is 13.9 Å². The van der Waals surface area contributed by atoms with Crippen molar-refractivity contribution in [2.24, 2.45) is 20.0 Å². The fourth-order valence-corrected chi connectivity index (χ4v) is 13.4. The van der Waals surface area contributed by atoms with Gasteiger partial charge in [-0.1, -0.05) is 339 Å². The molecule has 0 spiro atoms. The average Bonchev–Trinajstić information content (AvgIpc) is 1.64. The molecule has 0 saturated carbocycles. The van der Waals surface area contributed by atoms with Gasteiger partial charge in [0.05, 0.1) is 43.4 Å². The van der Waals surface area contributed by atoms with E-state index >= 15 is 0 Å². The van der Waals surface area contributed by atoms with Gasteiger partial charge in [0.2, 0.25) is 6.79 Å².